The molecule has 7 heteroatoms. The van der Waals surface area contributed by atoms with Crippen LogP contribution in [0.25, 0.3) is 0 Å². The highest BCUT2D eigenvalue weighted by Gasteiger charge is 2.12. The average Bonchev–Trinajstić information content (AvgIpc) is 2.29. The Kier molecular flexibility index (Phi) is 4.45. The second-order valence-electron chi connectivity index (χ2n) is 3.26. The number of rotatable bonds is 6. The number of hydrogen-bond acceptors (Lipinski definition) is 5. The highest BCUT2D eigenvalue weighted by atomic mass is 32.2. The van der Waals surface area contributed by atoms with Crippen LogP contribution in [0.5, 0.6) is 5.75 Å². The highest BCUT2D eigenvalue weighted by Crippen LogP contribution is 2.16. The maximum absolute atomic E-state index is 11.2. The van der Waals surface area contributed by atoms with Crippen LogP contribution in [0, 0.1) is 0 Å². The lowest BCUT2D eigenvalue weighted by Gasteiger charge is -2.07. The first-order valence-corrected chi connectivity index (χ1v) is 6.79. The van der Waals surface area contributed by atoms with Crippen LogP contribution in [0.3, 0.4) is 0 Å². The van der Waals surface area contributed by atoms with Gasteiger partial charge in [0, 0.05) is 11.9 Å². The van der Waals surface area contributed by atoms with Gasteiger partial charge in [-0.05, 0) is 6.07 Å². The maximum atomic E-state index is 11.2. The third-order valence-corrected chi connectivity index (χ3v) is 3.77. The zero-order chi connectivity index (χ0) is 12.9. The summed E-state index contributed by atoms with van der Waals surface area (Å²) in [5.74, 6) is -1.17. The largest absolute Gasteiger partial charge is 0.490 e. The molecule has 0 unspecified atom stereocenters. The summed E-state index contributed by atoms with van der Waals surface area (Å²) in [6, 6.07) is 1.30. The van der Waals surface area contributed by atoms with E-state index in [1.165, 1.54) is 18.5 Å². The van der Waals surface area contributed by atoms with E-state index in [1.807, 2.05) is 0 Å². The Bertz CT molecular complexity index is 497. The zero-order valence-corrected chi connectivity index (χ0v) is 10.1. The van der Waals surface area contributed by atoms with Crippen molar-refractivity contribution in [2.24, 2.45) is 0 Å². The molecular formula is C10H13NO5S. The Morgan fingerprint density at radius 1 is 1.53 bits per heavy atom. The van der Waals surface area contributed by atoms with E-state index < -0.39 is 15.8 Å². The SMILES string of the molecule is CCS(=O)(=O)CCOc1cnccc1C(=O)O. The van der Waals surface area contributed by atoms with Gasteiger partial charge in [0.15, 0.2) is 15.6 Å². The van der Waals surface area contributed by atoms with Crippen molar-refractivity contribution in [3.63, 3.8) is 0 Å². The normalized spacial score (nSPS) is 11.1. The van der Waals surface area contributed by atoms with Crippen molar-refractivity contribution >= 4 is 15.8 Å². The van der Waals surface area contributed by atoms with Gasteiger partial charge in [-0.2, -0.15) is 0 Å². The van der Waals surface area contributed by atoms with Gasteiger partial charge in [0.05, 0.1) is 11.9 Å². The summed E-state index contributed by atoms with van der Waals surface area (Å²) < 4.78 is 27.5. The summed E-state index contributed by atoms with van der Waals surface area (Å²) in [5, 5.41) is 8.84. The summed E-state index contributed by atoms with van der Waals surface area (Å²) in [6.45, 7) is 1.46. The van der Waals surface area contributed by atoms with E-state index in [1.54, 1.807) is 6.92 Å². The molecule has 17 heavy (non-hydrogen) atoms. The van der Waals surface area contributed by atoms with Crippen molar-refractivity contribution in [3.05, 3.63) is 24.0 Å². The van der Waals surface area contributed by atoms with E-state index in [9.17, 15) is 13.2 Å². The predicted octanol–water partition coefficient (Wildman–Crippen LogP) is 0.593. The number of aromatic carboxylic acids is 1. The molecule has 1 rings (SSSR count). The van der Waals surface area contributed by atoms with E-state index in [4.69, 9.17) is 9.84 Å². The van der Waals surface area contributed by atoms with E-state index >= 15 is 0 Å². The molecule has 0 bridgehead atoms. The third-order valence-electron chi connectivity index (χ3n) is 2.11. The van der Waals surface area contributed by atoms with Crippen molar-refractivity contribution in [2.75, 3.05) is 18.1 Å². The minimum Gasteiger partial charge on any atom is -0.490 e. The van der Waals surface area contributed by atoms with Gasteiger partial charge < -0.3 is 9.84 Å². The molecule has 0 amide bonds. The number of carboxylic acid groups (broad SMARTS) is 1. The average molecular weight is 259 g/mol. The number of carboxylic acids is 1. The molecule has 6 nitrogen and oxygen atoms in total. The van der Waals surface area contributed by atoms with Crippen LogP contribution in [-0.2, 0) is 9.84 Å². The standard InChI is InChI=1S/C10H13NO5S/c1-2-17(14,15)6-5-16-9-7-11-4-3-8(9)10(12)13/h3-4,7H,2,5-6H2,1H3,(H,12,13). The minimum absolute atomic E-state index is 0.0334. The summed E-state index contributed by atoms with van der Waals surface area (Å²) in [4.78, 5) is 14.5. The van der Waals surface area contributed by atoms with Gasteiger partial charge in [-0.25, -0.2) is 13.2 Å². The Hall–Kier alpha value is -1.63. The first-order valence-electron chi connectivity index (χ1n) is 4.97. The summed E-state index contributed by atoms with van der Waals surface area (Å²) in [7, 11) is -3.12. The van der Waals surface area contributed by atoms with Crippen molar-refractivity contribution < 1.29 is 23.1 Å². The van der Waals surface area contributed by atoms with Crippen molar-refractivity contribution in [1.29, 1.82) is 0 Å². The molecule has 0 fully saturated rings. The number of hydrogen-bond donors (Lipinski definition) is 1. The van der Waals surface area contributed by atoms with Crippen LogP contribution in [0.15, 0.2) is 18.5 Å². The lowest BCUT2D eigenvalue weighted by Crippen LogP contribution is -2.16. The van der Waals surface area contributed by atoms with Crippen molar-refractivity contribution in [3.8, 4) is 5.75 Å². The summed E-state index contributed by atoms with van der Waals surface area (Å²) in [6.07, 6.45) is 2.58. The monoisotopic (exact) mass is 259 g/mol. The molecule has 0 aliphatic rings. The molecule has 0 saturated heterocycles. The number of pyridine rings is 1. The van der Waals surface area contributed by atoms with Crippen LogP contribution < -0.4 is 4.74 Å². The molecular weight excluding hydrogens is 246 g/mol. The van der Waals surface area contributed by atoms with Gasteiger partial charge in [-0.15, -0.1) is 0 Å². The lowest BCUT2D eigenvalue weighted by molar-refractivity contribution is 0.0692. The second kappa shape index (κ2) is 5.62. The Balaban J connectivity index is 2.67. The second-order valence-corrected chi connectivity index (χ2v) is 5.73. The fraction of sp³-hybridized carbons (Fsp3) is 0.400. The molecule has 1 N–H and O–H groups in total. The topological polar surface area (TPSA) is 93.6 Å². The highest BCUT2D eigenvalue weighted by molar-refractivity contribution is 7.91. The molecule has 94 valence electrons. The van der Waals surface area contributed by atoms with Gasteiger partial charge >= 0.3 is 5.97 Å². The molecule has 1 aromatic heterocycles. The van der Waals surface area contributed by atoms with E-state index in [-0.39, 0.29) is 29.4 Å². The summed E-state index contributed by atoms with van der Waals surface area (Å²) >= 11 is 0. The molecule has 0 atom stereocenters. The van der Waals surface area contributed by atoms with Crippen LogP contribution in [0.1, 0.15) is 17.3 Å². The number of aromatic nitrogens is 1. The smallest absolute Gasteiger partial charge is 0.339 e. The fourth-order valence-electron chi connectivity index (χ4n) is 1.09. The Morgan fingerprint density at radius 2 is 2.24 bits per heavy atom. The van der Waals surface area contributed by atoms with Crippen LogP contribution >= 0.6 is 0 Å². The van der Waals surface area contributed by atoms with Gasteiger partial charge in [0.2, 0.25) is 0 Å². The van der Waals surface area contributed by atoms with E-state index in [0.717, 1.165) is 0 Å². The quantitative estimate of drug-likeness (QED) is 0.803. The molecule has 0 saturated carbocycles. The lowest BCUT2D eigenvalue weighted by atomic mass is 10.2. The van der Waals surface area contributed by atoms with Crippen LogP contribution in [0.2, 0.25) is 0 Å². The van der Waals surface area contributed by atoms with Gasteiger partial charge in [0.25, 0.3) is 0 Å². The molecule has 0 aliphatic heterocycles. The number of nitrogens with zero attached hydrogens (tertiary/aromatic N) is 1. The number of sulfone groups is 1. The first kappa shape index (κ1) is 13.4. The van der Waals surface area contributed by atoms with E-state index in [0.29, 0.717) is 0 Å². The van der Waals surface area contributed by atoms with Gasteiger partial charge in [-0.1, -0.05) is 6.92 Å². The molecule has 1 aromatic rings. The van der Waals surface area contributed by atoms with Crippen LogP contribution in [-0.4, -0.2) is 42.6 Å². The number of carbonyl (C=O) groups is 1. The first-order chi connectivity index (χ1) is 7.96. The van der Waals surface area contributed by atoms with Crippen molar-refractivity contribution in [1.82, 2.24) is 4.98 Å². The minimum atomic E-state index is -3.12. The fourth-order valence-corrected chi connectivity index (χ4v) is 1.72. The molecule has 0 aromatic carbocycles. The van der Waals surface area contributed by atoms with E-state index in [2.05, 4.69) is 4.98 Å². The Morgan fingerprint density at radius 3 is 2.82 bits per heavy atom. The zero-order valence-electron chi connectivity index (χ0n) is 9.29. The summed E-state index contributed by atoms with van der Waals surface area (Å²) in [5.41, 5.74) is -0.0334. The van der Waals surface area contributed by atoms with Crippen molar-refractivity contribution in [2.45, 2.75) is 6.92 Å². The maximum Gasteiger partial charge on any atom is 0.339 e. The van der Waals surface area contributed by atoms with Gasteiger partial charge in [0.1, 0.15) is 12.2 Å². The number of ether oxygens (including phenoxy) is 1. The Labute approximate surface area is 99.2 Å². The van der Waals surface area contributed by atoms with Crippen LogP contribution in [0.4, 0.5) is 0 Å². The third kappa shape index (κ3) is 4.03. The molecule has 1 heterocycles. The predicted molar refractivity (Wildman–Crippen MR) is 61.0 cm³/mol. The molecule has 0 aliphatic carbocycles. The van der Waals surface area contributed by atoms with Gasteiger partial charge in [-0.3, -0.25) is 4.98 Å². The molecule has 0 spiro atoms. The molecule has 0 radical (unpaired) electrons.